The minimum atomic E-state index is -3.18. The van der Waals surface area contributed by atoms with Crippen LogP contribution in [0.25, 0.3) is 0 Å². The highest BCUT2D eigenvalue weighted by Crippen LogP contribution is 2.41. The van der Waals surface area contributed by atoms with Gasteiger partial charge in [0.1, 0.15) is 12.1 Å². The van der Waals surface area contributed by atoms with Crippen molar-refractivity contribution in [1.29, 1.82) is 0 Å². The molecule has 7 rings (SSSR count). The number of piperazine rings is 1. The second-order valence-electron chi connectivity index (χ2n) is 15.4. The molecule has 0 unspecified atom stereocenters. The van der Waals surface area contributed by atoms with E-state index in [1.807, 2.05) is 24.8 Å². The predicted molar refractivity (Wildman–Crippen MR) is 202 cm³/mol. The first-order chi connectivity index (χ1) is 25.3. The first-order valence-electron chi connectivity index (χ1n) is 18.9. The van der Waals surface area contributed by atoms with E-state index in [9.17, 15) is 22.4 Å². The molecule has 1 saturated carbocycles. The third-order valence-electron chi connectivity index (χ3n) is 11.8. The van der Waals surface area contributed by atoms with Gasteiger partial charge in [-0.1, -0.05) is 30.3 Å². The Morgan fingerprint density at radius 2 is 1.53 bits per heavy atom. The Balaban J connectivity index is 0.000000468. The lowest BCUT2D eigenvalue weighted by molar-refractivity contribution is -0.0422. The molecule has 3 aromatic rings. The van der Waals surface area contributed by atoms with Crippen LogP contribution in [0.4, 0.5) is 4.39 Å². The number of benzene rings is 2. The topological polar surface area (TPSA) is 127 Å². The summed E-state index contributed by atoms with van der Waals surface area (Å²) in [6, 6.07) is 15.6. The van der Waals surface area contributed by atoms with Crippen molar-refractivity contribution in [3.05, 3.63) is 94.8 Å². The summed E-state index contributed by atoms with van der Waals surface area (Å²) in [7, 11) is -3.18. The molecule has 286 valence electrons. The molecule has 4 heterocycles. The number of amides is 1. The van der Waals surface area contributed by atoms with Crippen LogP contribution in [0.2, 0.25) is 0 Å². The van der Waals surface area contributed by atoms with Crippen LogP contribution in [0.5, 0.6) is 0 Å². The molecule has 53 heavy (non-hydrogen) atoms. The number of halogens is 1. The molecule has 1 aliphatic carbocycles. The van der Waals surface area contributed by atoms with Crippen molar-refractivity contribution in [3.8, 4) is 0 Å². The van der Waals surface area contributed by atoms with Crippen LogP contribution in [0, 0.1) is 25.6 Å². The van der Waals surface area contributed by atoms with Gasteiger partial charge in [-0.25, -0.2) is 31.9 Å². The fourth-order valence-electron chi connectivity index (χ4n) is 8.47. The SMILES string of the molecule is Cc1ncnc(C)c1C(=O)N1CCC(C)(N2CCN([C@H](c3cccc(F)c3)C3CCN(S(=O)(=O)C4CC4)CC3)[C@H](C)C2)CC1.O=C(O)c1ccccc1. The van der Waals surface area contributed by atoms with Crippen LogP contribution in [-0.4, -0.2) is 117 Å². The van der Waals surface area contributed by atoms with Gasteiger partial charge < -0.3 is 10.0 Å². The summed E-state index contributed by atoms with van der Waals surface area (Å²) in [5.74, 6) is -0.825. The van der Waals surface area contributed by atoms with E-state index in [2.05, 4.69) is 33.6 Å². The number of nitrogens with zero attached hydrogens (tertiary/aromatic N) is 6. The van der Waals surface area contributed by atoms with Crippen LogP contribution in [0.15, 0.2) is 60.9 Å². The van der Waals surface area contributed by atoms with Gasteiger partial charge in [0.25, 0.3) is 5.91 Å². The number of aromatic nitrogens is 2. The number of rotatable bonds is 8. The number of carboxylic acid groups (broad SMARTS) is 1. The van der Waals surface area contributed by atoms with Crippen LogP contribution in [-0.2, 0) is 10.0 Å². The van der Waals surface area contributed by atoms with Crippen LogP contribution in [0.1, 0.15) is 96.1 Å². The number of aryl methyl sites for hydroxylation is 2. The molecule has 0 bridgehead atoms. The van der Waals surface area contributed by atoms with E-state index in [1.165, 1.54) is 12.4 Å². The van der Waals surface area contributed by atoms with Crippen molar-refractivity contribution in [1.82, 2.24) is 29.0 Å². The number of likely N-dealkylation sites (tertiary alicyclic amines) is 1. The fraction of sp³-hybridized carbons (Fsp3) is 0.550. The van der Waals surface area contributed by atoms with Crippen molar-refractivity contribution >= 4 is 21.9 Å². The molecule has 1 amide bonds. The standard InChI is InChI=1S/C33H47FN6O3S.C7H6O2/c1-23-21-38(33(4)12-16-37(17-13-33)32(41)30-24(2)35-22-36-25(30)3)18-19-40(23)31(27-6-5-7-28(34)20-27)26-10-14-39(15-11-26)44(42,43)29-8-9-29;8-7(9)6-4-2-1-3-5-6/h5-7,20,22-23,26,29,31H,8-19,21H2,1-4H3;1-5H,(H,8,9)/t23-,31+;/m1./s1. The van der Waals surface area contributed by atoms with Gasteiger partial charge in [-0.05, 0) is 102 Å². The number of carbonyl (C=O) groups excluding carboxylic acids is 1. The summed E-state index contributed by atoms with van der Waals surface area (Å²) >= 11 is 0. The molecule has 2 aromatic carbocycles. The van der Waals surface area contributed by atoms with Crippen molar-refractivity contribution in [2.75, 3.05) is 45.8 Å². The van der Waals surface area contributed by atoms with E-state index in [-0.39, 0.29) is 40.5 Å². The number of aromatic carboxylic acids is 1. The Bertz CT molecular complexity index is 1840. The molecule has 0 spiro atoms. The molecule has 4 fully saturated rings. The Labute approximate surface area is 313 Å². The van der Waals surface area contributed by atoms with E-state index in [0.29, 0.717) is 37.3 Å². The normalized spacial score (nSPS) is 22.4. The third kappa shape index (κ3) is 8.80. The summed E-state index contributed by atoms with van der Waals surface area (Å²) in [6.07, 6.45) is 6.45. The van der Waals surface area contributed by atoms with Crippen LogP contribution >= 0.6 is 0 Å². The minimum Gasteiger partial charge on any atom is -0.478 e. The number of hydrogen-bond acceptors (Lipinski definition) is 8. The number of carboxylic acids is 1. The molecule has 11 nitrogen and oxygen atoms in total. The van der Waals surface area contributed by atoms with E-state index in [1.54, 1.807) is 46.8 Å². The lowest BCUT2D eigenvalue weighted by atomic mass is 9.82. The van der Waals surface area contributed by atoms with Gasteiger partial charge in [0.05, 0.1) is 27.8 Å². The molecular formula is C40H53FN6O5S. The third-order valence-corrected chi connectivity index (χ3v) is 14.2. The molecule has 3 saturated heterocycles. The van der Waals surface area contributed by atoms with Crippen LogP contribution < -0.4 is 0 Å². The first-order valence-corrected chi connectivity index (χ1v) is 20.4. The lowest BCUT2D eigenvalue weighted by Gasteiger charge is -2.54. The minimum absolute atomic E-state index is 0.00866. The van der Waals surface area contributed by atoms with Crippen molar-refractivity contribution in [2.24, 2.45) is 5.92 Å². The molecule has 1 N–H and O–H groups in total. The smallest absolute Gasteiger partial charge is 0.335 e. The van der Waals surface area contributed by atoms with Crippen molar-refractivity contribution < 1.29 is 27.5 Å². The highest BCUT2D eigenvalue weighted by molar-refractivity contribution is 7.90. The summed E-state index contributed by atoms with van der Waals surface area (Å²) in [6.45, 7) is 13.5. The Morgan fingerprint density at radius 3 is 2.08 bits per heavy atom. The average molecular weight is 749 g/mol. The number of carbonyl (C=O) groups is 2. The van der Waals surface area contributed by atoms with Gasteiger partial charge in [-0.3, -0.25) is 14.6 Å². The van der Waals surface area contributed by atoms with Gasteiger partial charge in [0, 0.05) is 63.4 Å². The van der Waals surface area contributed by atoms with E-state index in [0.717, 1.165) is 75.1 Å². The first kappa shape index (κ1) is 38.9. The molecule has 0 radical (unpaired) electrons. The maximum Gasteiger partial charge on any atom is 0.335 e. The molecular weight excluding hydrogens is 696 g/mol. The Hall–Kier alpha value is -3.78. The van der Waals surface area contributed by atoms with Gasteiger partial charge in [-0.15, -0.1) is 0 Å². The lowest BCUT2D eigenvalue weighted by Crippen LogP contribution is -2.63. The predicted octanol–water partition coefficient (Wildman–Crippen LogP) is 5.56. The number of hydrogen-bond donors (Lipinski definition) is 1. The van der Waals surface area contributed by atoms with E-state index < -0.39 is 16.0 Å². The van der Waals surface area contributed by atoms with E-state index in [4.69, 9.17) is 5.11 Å². The van der Waals surface area contributed by atoms with Crippen molar-refractivity contribution in [3.63, 3.8) is 0 Å². The highest BCUT2D eigenvalue weighted by atomic mass is 32.2. The second kappa shape index (κ2) is 16.3. The zero-order valence-corrected chi connectivity index (χ0v) is 32.1. The van der Waals surface area contributed by atoms with Gasteiger partial charge >= 0.3 is 5.97 Å². The largest absolute Gasteiger partial charge is 0.478 e. The fourth-order valence-corrected chi connectivity index (χ4v) is 10.3. The summed E-state index contributed by atoms with van der Waals surface area (Å²) in [5.41, 5.74) is 3.39. The monoisotopic (exact) mass is 748 g/mol. The van der Waals surface area contributed by atoms with Gasteiger partial charge in [-0.2, -0.15) is 0 Å². The molecule has 3 aliphatic heterocycles. The van der Waals surface area contributed by atoms with E-state index >= 15 is 0 Å². The zero-order valence-electron chi connectivity index (χ0n) is 31.3. The summed E-state index contributed by atoms with van der Waals surface area (Å²) < 4.78 is 42.0. The molecule has 2 atom stereocenters. The molecule has 1 aromatic heterocycles. The van der Waals surface area contributed by atoms with Gasteiger partial charge in [0.2, 0.25) is 10.0 Å². The van der Waals surface area contributed by atoms with Gasteiger partial charge in [0.15, 0.2) is 0 Å². The van der Waals surface area contributed by atoms with Crippen LogP contribution in [0.3, 0.4) is 0 Å². The average Bonchev–Trinajstić information content (AvgIpc) is 4.01. The second-order valence-corrected chi connectivity index (χ2v) is 17.6. The Kier molecular flexibility index (Phi) is 12.0. The summed E-state index contributed by atoms with van der Waals surface area (Å²) in [5, 5.41) is 8.20. The zero-order chi connectivity index (χ0) is 37.9. The Morgan fingerprint density at radius 1 is 0.887 bits per heavy atom. The highest BCUT2D eigenvalue weighted by Gasteiger charge is 2.45. The molecule has 4 aliphatic rings. The maximum atomic E-state index is 14.5. The quantitative estimate of drug-likeness (QED) is 0.315. The van der Waals surface area contributed by atoms with Crippen molar-refractivity contribution in [2.45, 2.75) is 89.1 Å². The molecule has 13 heteroatoms. The summed E-state index contributed by atoms with van der Waals surface area (Å²) in [4.78, 5) is 39.2. The number of piperidine rings is 2. The maximum absolute atomic E-state index is 14.5. The number of sulfonamides is 1.